The summed E-state index contributed by atoms with van der Waals surface area (Å²) < 4.78 is 1.89. The largest absolute Gasteiger partial charge is 0.481 e. The van der Waals surface area contributed by atoms with Crippen LogP contribution in [0.25, 0.3) is 0 Å². The average molecular weight is 224 g/mol. The second-order valence-electron chi connectivity index (χ2n) is 4.66. The maximum Gasteiger partial charge on any atom is 0.309 e. The van der Waals surface area contributed by atoms with Gasteiger partial charge in [0.2, 0.25) is 0 Å². The van der Waals surface area contributed by atoms with Crippen LogP contribution in [-0.2, 0) is 24.2 Å². The second kappa shape index (κ2) is 4.68. The summed E-state index contributed by atoms with van der Waals surface area (Å²) in [6.07, 6.45) is 1.40. The molecule has 4 heteroatoms. The molecule has 1 aromatic rings. The van der Waals surface area contributed by atoms with Crippen molar-refractivity contribution < 1.29 is 9.90 Å². The predicted octanol–water partition coefficient (Wildman–Crippen LogP) is 2.12. The lowest BCUT2D eigenvalue weighted by Crippen LogP contribution is -2.27. The minimum absolute atomic E-state index is 0.517. The van der Waals surface area contributed by atoms with Gasteiger partial charge in [-0.1, -0.05) is 6.92 Å². The van der Waals surface area contributed by atoms with Crippen LogP contribution in [0.15, 0.2) is 6.07 Å². The first kappa shape index (κ1) is 12.7. The highest BCUT2D eigenvalue weighted by molar-refractivity contribution is 5.73. The van der Waals surface area contributed by atoms with E-state index in [2.05, 4.69) is 12.0 Å². The number of nitrogens with zero attached hydrogens (tertiary/aromatic N) is 2. The Morgan fingerprint density at radius 3 is 2.56 bits per heavy atom. The molecule has 0 fully saturated rings. The fourth-order valence-corrected chi connectivity index (χ4v) is 1.63. The van der Waals surface area contributed by atoms with Gasteiger partial charge >= 0.3 is 5.97 Å². The van der Waals surface area contributed by atoms with E-state index in [9.17, 15) is 4.79 Å². The highest BCUT2D eigenvalue weighted by atomic mass is 16.4. The van der Waals surface area contributed by atoms with Gasteiger partial charge < -0.3 is 5.11 Å². The van der Waals surface area contributed by atoms with Crippen molar-refractivity contribution in [3.63, 3.8) is 0 Å². The van der Waals surface area contributed by atoms with Gasteiger partial charge in [-0.05, 0) is 33.3 Å². The van der Waals surface area contributed by atoms with Gasteiger partial charge in [0.25, 0.3) is 0 Å². The zero-order chi connectivity index (χ0) is 12.3. The Morgan fingerprint density at radius 1 is 1.50 bits per heavy atom. The molecule has 4 nitrogen and oxygen atoms in total. The quantitative estimate of drug-likeness (QED) is 0.833. The lowest BCUT2D eigenvalue weighted by molar-refractivity contribution is -0.146. The van der Waals surface area contributed by atoms with Crippen molar-refractivity contribution in [3.8, 4) is 0 Å². The maximum atomic E-state index is 11.1. The van der Waals surface area contributed by atoms with Gasteiger partial charge in [0, 0.05) is 18.7 Å². The van der Waals surface area contributed by atoms with E-state index in [0.717, 1.165) is 24.4 Å². The first-order valence-electron chi connectivity index (χ1n) is 5.69. The third-order valence-electron chi connectivity index (χ3n) is 2.78. The molecule has 0 spiro atoms. The Hall–Kier alpha value is -1.32. The highest BCUT2D eigenvalue weighted by Gasteiger charge is 2.29. The molecule has 1 aromatic heterocycles. The van der Waals surface area contributed by atoms with Crippen LogP contribution in [0.4, 0.5) is 0 Å². The molecular weight excluding hydrogens is 204 g/mol. The van der Waals surface area contributed by atoms with Crippen LogP contribution in [0.5, 0.6) is 0 Å². The Kier molecular flexibility index (Phi) is 3.73. The molecule has 0 aliphatic rings. The summed E-state index contributed by atoms with van der Waals surface area (Å²) in [5.74, 6) is -0.769. The maximum absolute atomic E-state index is 11.1. The molecule has 0 radical (unpaired) electrons. The van der Waals surface area contributed by atoms with Crippen LogP contribution in [0, 0.1) is 5.41 Å². The molecule has 90 valence electrons. The average Bonchev–Trinajstić information content (AvgIpc) is 2.59. The molecular formula is C12H20N2O2. The van der Waals surface area contributed by atoms with Crippen LogP contribution in [0.1, 0.15) is 39.1 Å². The molecule has 1 N–H and O–H groups in total. The monoisotopic (exact) mass is 224 g/mol. The van der Waals surface area contributed by atoms with Crippen molar-refractivity contribution in [1.29, 1.82) is 0 Å². The van der Waals surface area contributed by atoms with Crippen LogP contribution in [0.3, 0.4) is 0 Å². The first-order valence-corrected chi connectivity index (χ1v) is 5.69. The van der Waals surface area contributed by atoms with E-state index in [1.807, 2.05) is 17.7 Å². The topological polar surface area (TPSA) is 55.1 Å². The summed E-state index contributed by atoms with van der Waals surface area (Å²) >= 11 is 0. The highest BCUT2D eigenvalue weighted by Crippen LogP contribution is 2.22. The lowest BCUT2D eigenvalue weighted by atomic mass is 9.88. The van der Waals surface area contributed by atoms with Crippen LogP contribution in [-0.4, -0.2) is 20.9 Å². The van der Waals surface area contributed by atoms with Crippen LogP contribution in [0.2, 0.25) is 0 Å². The Labute approximate surface area is 96.3 Å². The molecule has 0 saturated carbocycles. The SMILES string of the molecule is CCc1cc(CC(C)(C)C(=O)O)n(CC)n1. The minimum atomic E-state index is -0.769. The van der Waals surface area contributed by atoms with Crippen molar-refractivity contribution in [3.05, 3.63) is 17.5 Å². The molecule has 1 rings (SSSR count). The molecule has 0 aromatic carbocycles. The third kappa shape index (κ3) is 2.62. The third-order valence-corrected chi connectivity index (χ3v) is 2.78. The number of carbonyl (C=O) groups is 1. The minimum Gasteiger partial charge on any atom is -0.481 e. The Bertz CT molecular complexity index is 380. The van der Waals surface area contributed by atoms with E-state index in [-0.39, 0.29) is 0 Å². The zero-order valence-electron chi connectivity index (χ0n) is 10.4. The van der Waals surface area contributed by atoms with Crippen LogP contribution >= 0.6 is 0 Å². The number of aliphatic carboxylic acids is 1. The van der Waals surface area contributed by atoms with Gasteiger partial charge in [-0.2, -0.15) is 5.10 Å². The van der Waals surface area contributed by atoms with E-state index < -0.39 is 11.4 Å². The van der Waals surface area contributed by atoms with E-state index in [4.69, 9.17) is 5.11 Å². The van der Waals surface area contributed by atoms with Gasteiger partial charge in [0.1, 0.15) is 0 Å². The summed E-state index contributed by atoms with van der Waals surface area (Å²) in [6, 6.07) is 2.01. The fraction of sp³-hybridized carbons (Fsp3) is 0.667. The molecule has 0 bridgehead atoms. The number of aromatic nitrogens is 2. The van der Waals surface area contributed by atoms with Gasteiger partial charge in [-0.15, -0.1) is 0 Å². The molecule has 0 atom stereocenters. The van der Waals surface area contributed by atoms with E-state index in [0.29, 0.717) is 6.42 Å². The molecule has 0 aliphatic heterocycles. The number of carboxylic acids is 1. The number of rotatable bonds is 5. The second-order valence-corrected chi connectivity index (χ2v) is 4.66. The number of hydrogen-bond acceptors (Lipinski definition) is 2. The summed E-state index contributed by atoms with van der Waals surface area (Å²) in [4.78, 5) is 11.1. The molecule has 1 heterocycles. The molecule has 16 heavy (non-hydrogen) atoms. The standard InChI is InChI=1S/C12H20N2O2/c1-5-9-7-10(14(6-2)13-9)8-12(3,4)11(15)16/h7H,5-6,8H2,1-4H3,(H,15,16). The fourth-order valence-electron chi connectivity index (χ4n) is 1.63. The predicted molar refractivity (Wildman–Crippen MR) is 62.4 cm³/mol. The van der Waals surface area contributed by atoms with Gasteiger partial charge in [0.05, 0.1) is 11.1 Å². The summed E-state index contributed by atoms with van der Waals surface area (Å²) in [7, 11) is 0. The smallest absolute Gasteiger partial charge is 0.309 e. The molecule has 0 saturated heterocycles. The number of aryl methyl sites for hydroxylation is 2. The van der Waals surface area contributed by atoms with Gasteiger partial charge in [-0.3, -0.25) is 9.48 Å². The van der Waals surface area contributed by atoms with Crippen molar-refractivity contribution >= 4 is 5.97 Å². The Balaban J connectivity index is 2.95. The summed E-state index contributed by atoms with van der Waals surface area (Å²) in [5.41, 5.74) is 1.29. The van der Waals surface area contributed by atoms with Crippen molar-refractivity contribution in [2.24, 2.45) is 5.41 Å². The van der Waals surface area contributed by atoms with Crippen molar-refractivity contribution in [2.45, 2.75) is 47.1 Å². The molecule has 0 amide bonds. The summed E-state index contributed by atoms with van der Waals surface area (Å²) in [6.45, 7) is 8.34. The molecule has 0 unspecified atom stereocenters. The Morgan fingerprint density at radius 2 is 2.12 bits per heavy atom. The lowest BCUT2D eigenvalue weighted by Gasteiger charge is -2.19. The van der Waals surface area contributed by atoms with E-state index in [1.54, 1.807) is 13.8 Å². The van der Waals surface area contributed by atoms with Crippen LogP contribution < -0.4 is 0 Å². The van der Waals surface area contributed by atoms with E-state index in [1.165, 1.54) is 0 Å². The normalized spacial score (nSPS) is 11.8. The first-order chi connectivity index (χ1) is 7.40. The van der Waals surface area contributed by atoms with Gasteiger partial charge in [-0.25, -0.2) is 0 Å². The van der Waals surface area contributed by atoms with Crippen molar-refractivity contribution in [2.75, 3.05) is 0 Å². The molecule has 0 aliphatic carbocycles. The van der Waals surface area contributed by atoms with E-state index >= 15 is 0 Å². The number of hydrogen-bond donors (Lipinski definition) is 1. The summed E-state index contributed by atoms with van der Waals surface area (Å²) in [5, 5.41) is 13.5. The zero-order valence-corrected chi connectivity index (χ0v) is 10.4. The van der Waals surface area contributed by atoms with Crippen molar-refractivity contribution in [1.82, 2.24) is 9.78 Å². The van der Waals surface area contributed by atoms with Gasteiger partial charge in [0.15, 0.2) is 0 Å². The number of carboxylic acid groups (broad SMARTS) is 1.